The molecular weight excluding hydrogens is 216 g/mol. The van der Waals surface area contributed by atoms with Gasteiger partial charge in [-0.1, -0.05) is 6.07 Å². The van der Waals surface area contributed by atoms with Crippen molar-refractivity contribution in [2.45, 2.75) is 6.92 Å². The summed E-state index contributed by atoms with van der Waals surface area (Å²) in [6, 6.07) is 5.15. The van der Waals surface area contributed by atoms with Crippen molar-refractivity contribution < 1.29 is 5.11 Å². The van der Waals surface area contributed by atoms with Gasteiger partial charge in [-0.3, -0.25) is 0 Å². The molecule has 0 atom stereocenters. The van der Waals surface area contributed by atoms with Crippen LogP contribution in [0.3, 0.4) is 0 Å². The molecule has 2 rings (SSSR count). The van der Waals surface area contributed by atoms with Crippen molar-refractivity contribution in [3.8, 4) is 17.3 Å². The van der Waals surface area contributed by atoms with Crippen molar-refractivity contribution in [3.05, 3.63) is 30.0 Å². The molecule has 0 amide bonds. The molecule has 5 heteroatoms. The van der Waals surface area contributed by atoms with Gasteiger partial charge in [0, 0.05) is 30.7 Å². The first-order valence-electron chi connectivity index (χ1n) is 5.22. The minimum absolute atomic E-state index is 0.0713. The number of rotatable bonds is 2. The molecule has 88 valence electrons. The zero-order chi connectivity index (χ0) is 12.4. The standard InChI is InChI=1S/C12H14N4O/c1-7-3-4-8(13)10(11(7)14-2)12-15-6-5-9(17)16-12/h3-6,14H,13H2,1-2H3,(H,15,16,17). The lowest BCUT2D eigenvalue weighted by Crippen LogP contribution is -2.01. The summed E-state index contributed by atoms with van der Waals surface area (Å²) in [4.78, 5) is 8.11. The number of nitrogen functional groups attached to an aromatic ring is 1. The molecule has 0 radical (unpaired) electrons. The van der Waals surface area contributed by atoms with E-state index in [0.29, 0.717) is 17.1 Å². The zero-order valence-corrected chi connectivity index (χ0v) is 9.73. The van der Waals surface area contributed by atoms with E-state index in [9.17, 15) is 5.11 Å². The molecule has 1 heterocycles. The van der Waals surface area contributed by atoms with Gasteiger partial charge >= 0.3 is 0 Å². The summed E-state index contributed by atoms with van der Waals surface area (Å²) >= 11 is 0. The number of aryl methyl sites for hydroxylation is 1. The van der Waals surface area contributed by atoms with Crippen LogP contribution in [0.2, 0.25) is 0 Å². The highest BCUT2D eigenvalue weighted by molar-refractivity contribution is 5.86. The van der Waals surface area contributed by atoms with Gasteiger partial charge in [0.15, 0.2) is 5.82 Å². The first kappa shape index (κ1) is 11.2. The van der Waals surface area contributed by atoms with Crippen LogP contribution in [0, 0.1) is 6.92 Å². The largest absolute Gasteiger partial charge is 0.493 e. The van der Waals surface area contributed by atoms with Gasteiger partial charge in [-0.15, -0.1) is 0 Å². The summed E-state index contributed by atoms with van der Waals surface area (Å²) in [6.07, 6.45) is 1.50. The van der Waals surface area contributed by atoms with Crippen molar-refractivity contribution in [3.63, 3.8) is 0 Å². The number of hydrogen-bond donors (Lipinski definition) is 3. The summed E-state index contributed by atoms with van der Waals surface area (Å²) < 4.78 is 0. The molecule has 0 aliphatic rings. The highest BCUT2D eigenvalue weighted by Crippen LogP contribution is 2.34. The smallest absolute Gasteiger partial charge is 0.214 e. The Kier molecular flexibility index (Phi) is 2.82. The fourth-order valence-corrected chi connectivity index (χ4v) is 1.76. The lowest BCUT2D eigenvalue weighted by atomic mass is 10.1. The van der Waals surface area contributed by atoms with E-state index < -0.39 is 0 Å². The SMILES string of the molecule is CNc1c(C)ccc(N)c1-c1nccc(O)n1. The van der Waals surface area contributed by atoms with Gasteiger partial charge in [-0.05, 0) is 18.6 Å². The summed E-state index contributed by atoms with van der Waals surface area (Å²) in [5.41, 5.74) is 9.15. The van der Waals surface area contributed by atoms with E-state index in [1.807, 2.05) is 20.0 Å². The van der Waals surface area contributed by atoms with Crippen molar-refractivity contribution in [2.75, 3.05) is 18.1 Å². The van der Waals surface area contributed by atoms with Gasteiger partial charge in [-0.25, -0.2) is 4.98 Å². The van der Waals surface area contributed by atoms with E-state index in [2.05, 4.69) is 15.3 Å². The maximum Gasteiger partial charge on any atom is 0.214 e. The Morgan fingerprint density at radius 2 is 2.06 bits per heavy atom. The Labute approximate surface area is 99.3 Å². The van der Waals surface area contributed by atoms with Crippen molar-refractivity contribution in [2.24, 2.45) is 0 Å². The van der Waals surface area contributed by atoms with Crippen LogP contribution < -0.4 is 11.1 Å². The molecular formula is C12H14N4O. The third-order valence-electron chi connectivity index (χ3n) is 2.56. The number of nitrogens with two attached hydrogens (primary N) is 1. The summed E-state index contributed by atoms with van der Waals surface area (Å²) in [6.45, 7) is 1.97. The number of hydrogen-bond acceptors (Lipinski definition) is 5. The first-order valence-corrected chi connectivity index (χ1v) is 5.22. The normalized spacial score (nSPS) is 10.2. The summed E-state index contributed by atoms with van der Waals surface area (Å²) in [5, 5.41) is 12.5. The molecule has 0 spiro atoms. The minimum Gasteiger partial charge on any atom is -0.493 e. The number of anilines is 2. The van der Waals surface area contributed by atoms with E-state index in [1.54, 1.807) is 6.07 Å². The van der Waals surface area contributed by atoms with Gasteiger partial charge in [0.05, 0.1) is 5.56 Å². The van der Waals surface area contributed by atoms with E-state index in [1.165, 1.54) is 12.3 Å². The van der Waals surface area contributed by atoms with Crippen LogP contribution in [0.25, 0.3) is 11.4 Å². The first-order chi connectivity index (χ1) is 8.13. The zero-order valence-electron chi connectivity index (χ0n) is 9.73. The van der Waals surface area contributed by atoms with Gasteiger partial charge in [0.2, 0.25) is 5.88 Å². The maximum atomic E-state index is 9.39. The molecule has 5 nitrogen and oxygen atoms in total. The number of benzene rings is 1. The van der Waals surface area contributed by atoms with E-state index >= 15 is 0 Å². The summed E-state index contributed by atoms with van der Waals surface area (Å²) in [5.74, 6) is 0.341. The van der Waals surface area contributed by atoms with Crippen molar-refractivity contribution in [1.29, 1.82) is 0 Å². The predicted octanol–water partition coefficient (Wildman–Crippen LogP) is 1.78. The number of nitrogens with zero attached hydrogens (tertiary/aromatic N) is 2. The second-order valence-corrected chi connectivity index (χ2v) is 3.71. The van der Waals surface area contributed by atoms with Crippen LogP contribution in [0.1, 0.15) is 5.56 Å². The molecule has 0 aliphatic heterocycles. The molecule has 2 aromatic rings. The number of aromatic hydroxyl groups is 1. The van der Waals surface area contributed by atoms with Crippen LogP contribution in [0.4, 0.5) is 11.4 Å². The molecule has 1 aromatic carbocycles. The second-order valence-electron chi connectivity index (χ2n) is 3.71. The average Bonchev–Trinajstić information content (AvgIpc) is 2.31. The summed E-state index contributed by atoms with van der Waals surface area (Å²) in [7, 11) is 1.81. The van der Waals surface area contributed by atoms with Gasteiger partial charge < -0.3 is 16.2 Å². The van der Waals surface area contributed by atoms with Crippen LogP contribution in [0.15, 0.2) is 24.4 Å². The molecule has 0 unspecified atom stereocenters. The molecule has 17 heavy (non-hydrogen) atoms. The molecule has 4 N–H and O–H groups in total. The van der Waals surface area contributed by atoms with Gasteiger partial charge in [0.25, 0.3) is 0 Å². The van der Waals surface area contributed by atoms with E-state index in [4.69, 9.17) is 5.73 Å². The van der Waals surface area contributed by atoms with E-state index in [-0.39, 0.29) is 5.88 Å². The lowest BCUT2D eigenvalue weighted by Gasteiger charge is -2.13. The molecule has 0 bridgehead atoms. The third-order valence-corrected chi connectivity index (χ3v) is 2.56. The second kappa shape index (κ2) is 4.29. The Balaban J connectivity index is 2.70. The number of aromatic nitrogens is 2. The Morgan fingerprint density at radius 3 is 2.71 bits per heavy atom. The molecule has 0 saturated carbocycles. The molecule has 0 fully saturated rings. The Bertz CT molecular complexity index is 554. The van der Waals surface area contributed by atoms with Gasteiger partial charge in [-0.2, -0.15) is 4.98 Å². The Hall–Kier alpha value is -2.30. The van der Waals surface area contributed by atoms with Crippen LogP contribution in [-0.2, 0) is 0 Å². The molecule has 1 aromatic heterocycles. The average molecular weight is 230 g/mol. The monoisotopic (exact) mass is 230 g/mol. The third kappa shape index (κ3) is 1.99. The quantitative estimate of drug-likeness (QED) is 0.685. The highest BCUT2D eigenvalue weighted by atomic mass is 16.3. The van der Waals surface area contributed by atoms with Crippen molar-refractivity contribution in [1.82, 2.24) is 9.97 Å². The minimum atomic E-state index is -0.0713. The van der Waals surface area contributed by atoms with Crippen molar-refractivity contribution >= 4 is 11.4 Å². The van der Waals surface area contributed by atoms with Crippen LogP contribution in [-0.4, -0.2) is 22.1 Å². The van der Waals surface area contributed by atoms with Gasteiger partial charge in [0.1, 0.15) is 0 Å². The highest BCUT2D eigenvalue weighted by Gasteiger charge is 2.13. The number of nitrogens with one attached hydrogen (secondary N) is 1. The maximum absolute atomic E-state index is 9.39. The lowest BCUT2D eigenvalue weighted by molar-refractivity contribution is 0.453. The van der Waals surface area contributed by atoms with Crippen LogP contribution in [0.5, 0.6) is 5.88 Å². The fourth-order valence-electron chi connectivity index (χ4n) is 1.76. The fraction of sp³-hybridized carbons (Fsp3) is 0.167. The topological polar surface area (TPSA) is 84.1 Å². The van der Waals surface area contributed by atoms with Crippen LogP contribution >= 0.6 is 0 Å². The molecule has 0 saturated heterocycles. The predicted molar refractivity (Wildman–Crippen MR) is 67.8 cm³/mol. The van der Waals surface area contributed by atoms with E-state index in [0.717, 1.165) is 11.3 Å². The molecule has 0 aliphatic carbocycles. The Morgan fingerprint density at radius 1 is 1.29 bits per heavy atom.